The zero-order valence-electron chi connectivity index (χ0n) is 12.1. The molecule has 1 saturated heterocycles. The highest BCUT2D eigenvalue weighted by atomic mass is 35.5. The molecule has 0 saturated carbocycles. The second-order valence-electron chi connectivity index (χ2n) is 5.42. The number of hydrogen-bond acceptors (Lipinski definition) is 2. The van der Waals surface area contributed by atoms with Crippen LogP contribution in [0.2, 0.25) is 0 Å². The van der Waals surface area contributed by atoms with E-state index in [4.69, 9.17) is 5.73 Å². The van der Waals surface area contributed by atoms with Crippen molar-refractivity contribution >= 4 is 18.3 Å². The number of aryl methyl sites for hydroxylation is 1. The highest BCUT2D eigenvalue weighted by Crippen LogP contribution is 2.22. The van der Waals surface area contributed by atoms with Crippen molar-refractivity contribution in [1.82, 2.24) is 4.90 Å². The van der Waals surface area contributed by atoms with E-state index in [9.17, 15) is 13.6 Å². The molecule has 1 unspecified atom stereocenters. The molecule has 1 atom stereocenters. The molecule has 6 heteroatoms. The van der Waals surface area contributed by atoms with Crippen molar-refractivity contribution < 1.29 is 13.6 Å². The topological polar surface area (TPSA) is 46.3 Å². The van der Waals surface area contributed by atoms with Crippen molar-refractivity contribution in [3.05, 3.63) is 34.9 Å². The van der Waals surface area contributed by atoms with Crippen LogP contribution in [0.5, 0.6) is 0 Å². The molecule has 3 nitrogen and oxygen atoms in total. The van der Waals surface area contributed by atoms with Gasteiger partial charge in [-0.05, 0) is 50.3 Å². The smallest absolute Gasteiger partial charge is 0.256 e. The predicted molar refractivity (Wildman–Crippen MR) is 80.6 cm³/mol. The third kappa shape index (κ3) is 4.14. The molecule has 0 spiro atoms. The molecule has 1 fully saturated rings. The molecule has 21 heavy (non-hydrogen) atoms. The molecule has 0 bridgehead atoms. The lowest BCUT2D eigenvalue weighted by Gasteiger charge is -2.32. The number of amides is 1. The summed E-state index contributed by atoms with van der Waals surface area (Å²) in [4.78, 5) is 14.0. The predicted octanol–water partition coefficient (Wildman–Crippen LogP) is 2.90. The fourth-order valence-corrected chi connectivity index (χ4v) is 2.71. The highest BCUT2D eigenvalue weighted by Gasteiger charge is 2.26. The van der Waals surface area contributed by atoms with Crippen LogP contribution in [0.25, 0.3) is 0 Å². The number of carbonyl (C=O) groups is 1. The summed E-state index contributed by atoms with van der Waals surface area (Å²) in [7, 11) is 0. The Balaban J connectivity index is 0.00000220. The van der Waals surface area contributed by atoms with Crippen molar-refractivity contribution in [2.45, 2.75) is 26.2 Å². The third-order valence-electron chi connectivity index (χ3n) is 3.86. The lowest BCUT2D eigenvalue weighted by molar-refractivity contribution is 0.0664. The third-order valence-corrected chi connectivity index (χ3v) is 3.86. The van der Waals surface area contributed by atoms with Gasteiger partial charge < -0.3 is 10.6 Å². The largest absolute Gasteiger partial charge is 0.338 e. The van der Waals surface area contributed by atoms with E-state index in [-0.39, 0.29) is 29.4 Å². The van der Waals surface area contributed by atoms with Crippen LogP contribution in [0.15, 0.2) is 12.1 Å². The summed E-state index contributed by atoms with van der Waals surface area (Å²) in [5.74, 6) is -1.40. The van der Waals surface area contributed by atoms with E-state index in [2.05, 4.69) is 0 Å². The number of benzene rings is 1. The summed E-state index contributed by atoms with van der Waals surface area (Å²) in [6, 6.07) is 2.07. The monoisotopic (exact) mass is 318 g/mol. The van der Waals surface area contributed by atoms with Crippen LogP contribution >= 0.6 is 12.4 Å². The number of nitrogens with zero attached hydrogens (tertiary/aromatic N) is 1. The lowest BCUT2D eigenvalue weighted by Crippen LogP contribution is -2.40. The normalized spacial score (nSPS) is 18.3. The second kappa shape index (κ2) is 7.71. The van der Waals surface area contributed by atoms with Gasteiger partial charge >= 0.3 is 0 Å². The molecule has 1 aromatic carbocycles. The molecule has 1 aliphatic heterocycles. The standard InChI is InChI=1S/C15H20F2N2O.ClH/c1-10-7-12(14(17)8-13(10)16)15(20)19-6-2-3-11(9-19)4-5-18;/h7-8,11H,2-6,9,18H2,1H3;1H. The summed E-state index contributed by atoms with van der Waals surface area (Å²) < 4.78 is 27.0. The van der Waals surface area contributed by atoms with Crippen LogP contribution in [-0.2, 0) is 0 Å². The lowest BCUT2D eigenvalue weighted by atomic mass is 9.94. The zero-order chi connectivity index (χ0) is 14.7. The minimum atomic E-state index is -0.793. The molecule has 118 valence electrons. The van der Waals surface area contributed by atoms with Gasteiger partial charge in [-0.3, -0.25) is 4.79 Å². The molecule has 0 radical (unpaired) electrons. The van der Waals surface area contributed by atoms with Gasteiger partial charge in [0.15, 0.2) is 0 Å². The van der Waals surface area contributed by atoms with Crippen LogP contribution in [0.4, 0.5) is 8.78 Å². The van der Waals surface area contributed by atoms with Crippen LogP contribution in [0, 0.1) is 24.5 Å². The molecular formula is C15H21ClF2N2O. The van der Waals surface area contributed by atoms with Gasteiger partial charge in [0.05, 0.1) is 5.56 Å². The number of rotatable bonds is 3. The van der Waals surface area contributed by atoms with Gasteiger partial charge in [-0.1, -0.05) is 0 Å². The van der Waals surface area contributed by atoms with Crippen LogP contribution < -0.4 is 5.73 Å². The second-order valence-corrected chi connectivity index (χ2v) is 5.42. The molecular weight excluding hydrogens is 298 g/mol. The molecule has 0 aromatic heterocycles. The Bertz CT molecular complexity index is 509. The molecule has 2 N–H and O–H groups in total. The summed E-state index contributed by atoms with van der Waals surface area (Å²) >= 11 is 0. The Kier molecular flexibility index (Phi) is 6.55. The number of nitrogens with two attached hydrogens (primary N) is 1. The Morgan fingerprint density at radius 3 is 2.76 bits per heavy atom. The number of piperidine rings is 1. The molecule has 1 heterocycles. The Hall–Kier alpha value is -1.20. The number of halogens is 3. The molecule has 2 rings (SSSR count). The van der Waals surface area contributed by atoms with Gasteiger partial charge in [0.25, 0.3) is 5.91 Å². The van der Waals surface area contributed by atoms with Gasteiger partial charge in [0.1, 0.15) is 11.6 Å². The van der Waals surface area contributed by atoms with E-state index >= 15 is 0 Å². The average Bonchev–Trinajstić information content (AvgIpc) is 2.43. The van der Waals surface area contributed by atoms with Crippen molar-refractivity contribution in [1.29, 1.82) is 0 Å². The molecule has 1 aromatic rings. The van der Waals surface area contributed by atoms with E-state index in [1.165, 1.54) is 13.0 Å². The first kappa shape index (κ1) is 17.9. The van der Waals surface area contributed by atoms with Crippen LogP contribution in [0.1, 0.15) is 35.2 Å². The Labute approximate surface area is 129 Å². The minimum Gasteiger partial charge on any atom is -0.338 e. The van der Waals surface area contributed by atoms with Gasteiger partial charge in [-0.25, -0.2) is 8.78 Å². The van der Waals surface area contributed by atoms with Crippen molar-refractivity contribution in [3.8, 4) is 0 Å². The maximum absolute atomic E-state index is 13.8. The van der Waals surface area contributed by atoms with Crippen LogP contribution in [-0.4, -0.2) is 30.4 Å². The van der Waals surface area contributed by atoms with Gasteiger partial charge in [-0.2, -0.15) is 0 Å². The van der Waals surface area contributed by atoms with Gasteiger partial charge in [0, 0.05) is 19.2 Å². The Morgan fingerprint density at radius 1 is 1.38 bits per heavy atom. The van der Waals surface area contributed by atoms with Gasteiger partial charge in [0.2, 0.25) is 0 Å². The first-order chi connectivity index (χ1) is 9.52. The maximum atomic E-state index is 13.8. The fourth-order valence-electron chi connectivity index (χ4n) is 2.71. The maximum Gasteiger partial charge on any atom is 0.256 e. The zero-order valence-corrected chi connectivity index (χ0v) is 12.9. The van der Waals surface area contributed by atoms with Crippen molar-refractivity contribution in [2.24, 2.45) is 11.7 Å². The molecule has 0 aliphatic carbocycles. The van der Waals surface area contributed by atoms with Crippen molar-refractivity contribution in [3.63, 3.8) is 0 Å². The summed E-state index contributed by atoms with van der Waals surface area (Å²) in [5.41, 5.74) is 5.79. The van der Waals surface area contributed by atoms with Crippen molar-refractivity contribution in [2.75, 3.05) is 19.6 Å². The quantitative estimate of drug-likeness (QED) is 0.931. The van der Waals surface area contributed by atoms with E-state index in [0.29, 0.717) is 25.6 Å². The number of likely N-dealkylation sites (tertiary alicyclic amines) is 1. The molecule has 1 aliphatic rings. The number of carbonyl (C=O) groups excluding carboxylic acids is 1. The minimum absolute atomic E-state index is 0. The van der Waals surface area contributed by atoms with E-state index in [0.717, 1.165) is 25.3 Å². The van der Waals surface area contributed by atoms with Gasteiger partial charge in [-0.15, -0.1) is 12.4 Å². The number of hydrogen-bond donors (Lipinski definition) is 1. The summed E-state index contributed by atoms with van der Waals surface area (Å²) in [5, 5.41) is 0. The first-order valence-electron chi connectivity index (χ1n) is 6.98. The first-order valence-corrected chi connectivity index (χ1v) is 6.98. The Morgan fingerprint density at radius 2 is 2.10 bits per heavy atom. The SMILES string of the molecule is Cc1cc(C(=O)N2CCCC(CCN)C2)c(F)cc1F.Cl. The fraction of sp³-hybridized carbons (Fsp3) is 0.533. The average molecular weight is 319 g/mol. The summed E-state index contributed by atoms with van der Waals surface area (Å²) in [6.07, 6.45) is 2.82. The molecule has 1 amide bonds. The van der Waals surface area contributed by atoms with E-state index < -0.39 is 11.6 Å². The van der Waals surface area contributed by atoms with E-state index in [1.54, 1.807) is 4.90 Å². The van der Waals surface area contributed by atoms with E-state index in [1.807, 2.05) is 0 Å². The van der Waals surface area contributed by atoms with Crippen LogP contribution in [0.3, 0.4) is 0 Å². The highest BCUT2D eigenvalue weighted by molar-refractivity contribution is 5.94. The summed E-state index contributed by atoms with van der Waals surface area (Å²) in [6.45, 7) is 3.34.